The van der Waals surface area contributed by atoms with Crippen LogP contribution in [0.25, 0.3) is 0 Å². The van der Waals surface area contributed by atoms with Crippen LogP contribution in [0.2, 0.25) is 5.02 Å². The molecule has 1 amide bonds. The second-order valence-electron chi connectivity index (χ2n) is 8.32. The fourth-order valence-electron chi connectivity index (χ4n) is 3.23. The fraction of sp³-hybridized carbons (Fsp3) is 0.650. The van der Waals surface area contributed by atoms with E-state index in [0.29, 0.717) is 13.1 Å². The van der Waals surface area contributed by atoms with E-state index in [1.165, 1.54) is 6.07 Å². The monoisotopic (exact) mass is 399 g/mol. The highest BCUT2D eigenvalue weighted by Gasteiger charge is 2.33. The maximum absolute atomic E-state index is 13.6. The van der Waals surface area contributed by atoms with Crippen molar-refractivity contribution in [2.24, 2.45) is 0 Å². The highest BCUT2D eigenvalue weighted by molar-refractivity contribution is 6.31. The summed E-state index contributed by atoms with van der Waals surface area (Å²) in [4.78, 5) is 18.5. The lowest BCUT2D eigenvalue weighted by molar-refractivity contribution is 0.0292. The Morgan fingerprint density at radius 1 is 1.33 bits per heavy atom. The topological polar surface area (TPSA) is 36.0 Å². The van der Waals surface area contributed by atoms with Crippen LogP contribution in [0, 0.1) is 5.82 Å². The second-order valence-corrected chi connectivity index (χ2v) is 8.72. The van der Waals surface area contributed by atoms with Gasteiger partial charge in [0.05, 0.1) is 5.02 Å². The number of hydrogen-bond acceptors (Lipinski definition) is 4. The van der Waals surface area contributed by atoms with Crippen molar-refractivity contribution in [3.05, 3.63) is 29.0 Å². The predicted molar refractivity (Wildman–Crippen MR) is 108 cm³/mol. The van der Waals surface area contributed by atoms with E-state index in [9.17, 15) is 9.18 Å². The molecule has 152 valence electrons. The molecular formula is C20H31ClFN3O2. The van der Waals surface area contributed by atoms with E-state index in [-0.39, 0.29) is 17.2 Å². The van der Waals surface area contributed by atoms with Crippen LogP contribution in [-0.2, 0) is 4.74 Å². The van der Waals surface area contributed by atoms with Gasteiger partial charge in [0.25, 0.3) is 0 Å². The third-order valence-corrected chi connectivity index (χ3v) is 4.78. The van der Waals surface area contributed by atoms with Crippen molar-refractivity contribution < 1.29 is 13.9 Å². The lowest BCUT2D eigenvalue weighted by atomic mass is 10.1. The third-order valence-electron chi connectivity index (χ3n) is 4.50. The molecule has 0 aromatic heterocycles. The summed E-state index contributed by atoms with van der Waals surface area (Å²) in [5, 5.41) is 0.118. The lowest BCUT2D eigenvalue weighted by Gasteiger charge is -2.32. The predicted octanol–water partition coefficient (Wildman–Crippen LogP) is 4.25. The minimum absolute atomic E-state index is 0.118. The highest BCUT2D eigenvalue weighted by Crippen LogP contribution is 2.28. The number of amides is 1. The zero-order chi connectivity index (χ0) is 20.2. The molecule has 1 aliphatic rings. The molecule has 0 saturated carbocycles. The van der Waals surface area contributed by atoms with Crippen molar-refractivity contribution >= 4 is 23.4 Å². The number of benzene rings is 1. The fourth-order valence-corrected chi connectivity index (χ4v) is 3.41. The Labute approximate surface area is 167 Å². The number of anilines is 1. The zero-order valence-electron chi connectivity index (χ0n) is 17.0. The van der Waals surface area contributed by atoms with Gasteiger partial charge in [0.1, 0.15) is 11.4 Å². The van der Waals surface area contributed by atoms with Crippen LogP contribution in [0.15, 0.2) is 18.2 Å². The van der Waals surface area contributed by atoms with Gasteiger partial charge in [-0.3, -0.25) is 0 Å². The van der Waals surface area contributed by atoms with Crippen molar-refractivity contribution in [3.63, 3.8) is 0 Å². The molecule has 7 heteroatoms. The number of rotatable bonds is 6. The Morgan fingerprint density at radius 3 is 2.63 bits per heavy atom. The van der Waals surface area contributed by atoms with E-state index in [4.69, 9.17) is 16.3 Å². The molecule has 1 aliphatic heterocycles. The van der Waals surface area contributed by atoms with Crippen LogP contribution in [-0.4, -0.2) is 67.8 Å². The van der Waals surface area contributed by atoms with Gasteiger partial charge in [-0.05, 0) is 72.5 Å². The Kier molecular flexibility index (Phi) is 7.34. The molecule has 0 N–H and O–H groups in total. The van der Waals surface area contributed by atoms with Crippen LogP contribution >= 0.6 is 11.6 Å². The molecule has 0 radical (unpaired) electrons. The Bertz CT molecular complexity index is 649. The molecule has 5 nitrogen and oxygen atoms in total. The van der Waals surface area contributed by atoms with Gasteiger partial charge in [-0.2, -0.15) is 0 Å². The number of carbonyl (C=O) groups is 1. The average molecular weight is 400 g/mol. The molecule has 2 rings (SSSR count). The average Bonchev–Trinajstić information content (AvgIpc) is 3.02. The molecule has 1 atom stereocenters. The van der Waals surface area contributed by atoms with Crippen molar-refractivity contribution in [2.75, 3.05) is 45.2 Å². The molecule has 1 saturated heterocycles. The van der Waals surface area contributed by atoms with E-state index in [1.807, 2.05) is 34.9 Å². The summed E-state index contributed by atoms with van der Waals surface area (Å²) in [6.45, 7) is 8.61. The molecule has 1 unspecified atom stereocenters. The molecule has 27 heavy (non-hydrogen) atoms. The summed E-state index contributed by atoms with van der Waals surface area (Å²) in [7, 11) is 4.08. The van der Waals surface area contributed by atoms with Gasteiger partial charge in [-0.25, -0.2) is 9.18 Å². The highest BCUT2D eigenvalue weighted by atomic mass is 35.5. The molecule has 1 aromatic carbocycles. The van der Waals surface area contributed by atoms with E-state index < -0.39 is 11.4 Å². The van der Waals surface area contributed by atoms with E-state index in [0.717, 1.165) is 31.6 Å². The lowest BCUT2D eigenvalue weighted by Crippen LogP contribution is -2.41. The van der Waals surface area contributed by atoms with Gasteiger partial charge in [0.2, 0.25) is 0 Å². The van der Waals surface area contributed by atoms with Crippen LogP contribution in [0.1, 0.15) is 33.6 Å². The van der Waals surface area contributed by atoms with Crippen LogP contribution in [0.4, 0.5) is 14.9 Å². The van der Waals surface area contributed by atoms with Crippen molar-refractivity contribution in [1.82, 2.24) is 9.80 Å². The Balaban J connectivity index is 2.11. The molecule has 1 fully saturated rings. The summed E-state index contributed by atoms with van der Waals surface area (Å²) < 4.78 is 19.1. The quantitative estimate of drug-likeness (QED) is 0.716. The summed E-state index contributed by atoms with van der Waals surface area (Å²) in [5.74, 6) is -0.421. The van der Waals surface area contributed by atoms with Crippen molar-refractivity contribution in [2.45, 2.75) is 45.3 Å². The largest absolute Gasteiger partial charge is 0.444 e. The van der Waals surface area contributed by atoms with Crippen LogP contribution in [0.3, 0.4) is 0 Å². The number of hydrogen-bond donors (Lipinski definition) is 0. The number of nitrogens with zero attached hydrogens (tertiary/aromatic N) is 3. The summed E-state index contributed by atoms with van der Waals surface area (Å²) in [5.41, 5.74) is 0.376. The molecule has 1 aromatic rings. The van der Waals surface area contributed by atoms with Gasteiger partial charge in [0, 0.05) is 31.4 Å². The number of halogens is 2. The SMILES string of the molecule is CN(C)CCCN(c1ccc(F)c(Cl)c1)C1CCN(C(=O)OC(C)(C)C)C1. The third kappa shape index (κ3) is 6.54. The Morgan fingerprint density at radius 2 is 2.04 bits per heavy atom. The maximum atomic E-state index is 13.6. The number of ether oxygens (including phenoxy) is 1. The van der Waals surface area contributed by atoms with E-state index in [2.05, 4.69) is 9.80 Å². The standard InChI is InChI=1S/C20H31ClFN3O2/c1-20(2,3)27-19(26)24-12-9-16(14-24)25(11-6-10-23(4)5)15-7-8-18(22)17(21)13-15/h7-8,13,16H,6,9-12,14H2,1-5H3. The van der Waals surface area contributed by atoms with Gasteiger partial charge in [0.15, 0.2) is 0 Å². The van der Waals surface area contributed by atoms with Gasteiger partial charge >= 0.3 is 6.09 Å². The minimum Gasteiger partial charge on any atom is -0.444 e. The Hall–Kier alpha value is -1.53. The van der Waals surface area contributed by atoms with Crippen LogP contribution in [0.5, 0.6) is 0 Å². The zero-order valence-corrected chi connectivity index (χ0v) is 17.7. The molecule has 0 spiro atoms. The minimum atomic E-state index is -0.509. The molecule has 0 bridgehead atoms. The smallest absolute Gasteiger partial charge is 0.410 e. The summed E-state index contributed by atoms with van der Waals surface area (Å²) >= 11 is 6.01. The van der Waals surface area contributed by atoms with Crippen LogP contribution < -0.4 is 4.90 Å². The first kappa shape index (κ1) is 21.8. The number of likely N-dealkylation sites (tertiary alicyclic amines) is 1. The van der Waals surface area contributed by atoms with Gasteiger partial charge in [-0.1, -0.05) is 11.6 Å². The molecular weight excluding hydrogens is 369 g/mol. The van der Waals surface area contributed by atoms with E-state index in [1.54, 1.807) is 17.0 Å². The summed E-state index contributed by atoms with van der Waals surface area (Å²) in [6.07, 6.45) is 1.52. The van der Waals surface area contributed by atoms with Gasteiger partial charge in [-0.15, -0.1) is 0 Å². The molecule has 0 aliphatic carbocycles. The number of carbonyl (C=O) groups excluding carboxylic acids is 1. The van der Waals surface area contributed by atoms with Crippen molar-refractivity contribution in [1.29, 1.82) is 0 Å². The first-order valence-electron chi connectivity index (χ1n) is 9.41. The first-order chi connectivity index (χ1) is 12.6. The second kappa shape index (κ2) is 9.11. The first-order valence-corrected chi connectivity index (χ1v) is 9.79. The maximum Gasteiger partial charge on any atom is 0.410 e. The molecule has 1 heterocycles. The summed E-state index contributed by atoms with van der Waals surface area (Å²) in [6, 6.07) is 4.98. The van der Waals surface area contributed by atoms with Gasteiger partial charge < -0.3 is 19.4 Å². The van der Waals surface area contributed by atoms with Crippen molar-refractivity contribution in [3.8, 4) is 0 Å². The normalized spacial score (nSPS) is 17.5. The van der Waals surface area contributed by atoms with E-state index >= 15 is 0 Å².